The summed E-state index contributed by atoms with van der Waals surface area (Å²) >= 11 is 0. The first-order valence-corrected chi connectivity index (χ1v) is 2.35. The van der Waals surface area contributed by atoms with Gasteiger partial charge in [-0.2, -0.15) is 0 Å². The fourth-order valence-corrected chi connectivity index (χ4v) is 0. The van der Waals surface area contributed by atoms with Crippen molar-refractivity contribution in [2.24, 2.45) is 0 Å². The molecule has 6 heteroatoms. The molecule has 0 aromatic rings. The topological polar surface area (TPSA) is 77.8 Å². The van der Waals surface area contributed by atoms with Crippen LogP contribution in [0, 0.1) is 0 Å². The maximum atomic E-state index is 8.88. The molecule has 0 saturated heterocycles. The number of hydrogen-bond donors (Lipinski definition) is 3. The van der Waals surface area contributed by atoms with Gasteiger partial charge in [0.1, 0.15) is 0 Å². The van der Waals surface area contributed by atoms with Crippen LogP contribution in [0.25, 0.3) is 0 Å². The van der Waals surface area contributed by atoms with E-state index in [2.05, 4.69) is 0 Å². The fourth-order valence-electron chi connectivity index (χ4n) is 0. The Hall–Kier alpha value is 1.59. The third-order valence-electron chi connectivity index (χ3n) is 0. The molecule has 32 valence electrons. The molecule has 0 aliphatic heterocycles. The molecule has 0 unspecified atom stereocenters. The summed E-state index contributed by atoms with van der Waals surface area (Å²) in [7, 11) is -4.64. The summed E-state index contributed by atoms with van der Waals surface area (Å²) in [6.07, 6.45) is 0. The Balaban J connectivity index is -0.0000000267. The minimum absolute atomic E-state index is 0. The van der Waals surface area contributed by atoms with E-state index in [1.165, 1.54) is 0 Å². The zero-order chi connectivity index (χ0) is 4.50. The van der Waals surface area contributed by atoms with E-state index in [1.807, 2.05) is 0 Å². The van der Waals surface area contributed by atoms with Crippen LogP contribution in [-0.4, -0.2) is 60.2 Å². The van der Waals surface area contributed by atoms with Gasteiger partial charge in [0.05, 0.1) is 0 Å². The van der Waals surface area contributed by atoms with Gasteiger partial charge >= 0.3 is 56.2 Å². The van der Waals surface area contributed by atoms with Gasteiger partial charge in [-0.15, -0.1) is 0 Å². The van der Waals surface area contributed by atoms with E-state index in [4.69, 9.17) is 19.2 Å². The average Bonchev–Trinajstić information content (AvgIpc) is 0.722. The van der Waals surface area contributed by atoms with Crippen LogP contribution in [-0.2, 0) is 4.57 Å². The Morgan fingerprint density at radius 1 is 1.33 bits per heavy atom. The van der Waals surface area contributed by atoms with Crippen LogP contribution in [0.3, 0.4) is 0 Å². The van der Waals surface area contributed by atoms with Crippen molar-refractivity contribution in [1.82, 2.24) is 0 Å². The molecule has 0 aliphatic rings. The molecule has 0 saturated carbocycles. The molecular formula is H5O4PSr+4. The van der Waals surface area contributed by atoms with E-state index < -0.39 is 7.82 Å². The third-order valence-corrected chi connectivity index (χ3v) is 0. The Morgan fingerprint density at radius 2 is 1.33 bits per heavy atom. The molecule has 0 bridgehead atoms. The minimum Gasteiger partial charge on any atom is -0.303 e. The molecule has 0 spiro atoms. The molecule has 0 radical (unpaired) electrons. The maximum absolute atomic E-state index is 8.88. The summed E-state index contributed by atoms with van der Waals surface area (Å²) in [6, 6.07) is 0. The van der Waals surface area contributed by atoms with Crippen LogP contribution in [0.1, 0.15) is 2.85 Å². The summed E-state index contributed by atoms with van der Waals surface area (Å²) in [6.45, 7) is 0. The molecule has 0 aromatic carbocycles. The molecule has 0 rings (SSSR count). The van der Waals surface area contributed by atoms with E-state index >= 15 is 0 Å². The molecule has 0 aliphatic carbocycles. The summed E-state index contributed by atoms with van der Waals surface area (Å²) in [5.41, 5.74) is 0. The van der Waals surface area contributed by atoms with E-state index in [9.17, 15) is 0 Å². The molecule has 0 amide bonds. The van der Waals surface area contributed by atoms with Gasteiger partial charge in [0.15, 0.2) is 0 Å². The molecule has 0 aromatic heterocycles. The van der Waals surface area contributed by atoms with Gasteiger partial charge < -0.3 is 14.7 Å². The van der Waals surface area contributed by atoms with Gasteiger partial charge in [-0.3, -0.25) is 0 Å². The second-order valence-corrected chi connectivity index (χ2v) is 1.54. The van der Waals surface area contributed by atoms with E-state index in [1.54, 1.807) is 0 Å². The zero-order valence-electron chi connectivity index (χ0n) is 4.90. The minimum atomic E-state index is -4.64. The summed E-state index contributed by atoms with van der Waals surface area (Å²) in [5.74, 6) is 0. The van der Waals surface area contributed by atoms with Crippen molar-refractivity contribution in [3.63, 3.8) is 0 Å². The average molecular weight is 188 g/mol. The fraction of sp³-hybridized carbons (Fsp3) is 0. The van der Waals surface area contributed by atoms with Crippen LogP contribution in [0.2, 0.25) is 0 Å². The van der Waals surface area contributed by atoms with Crippen LogP contribution in [0.4, 0.5) is 0 Å². The van der Waals surface area contributed by atoms with Crippen LogP contribution < -0.4 is 0 Å². The predicted molar refractivity (Wildman–Crippen MR) is 22.2 cm³/mol. The Morgan fingerprint density at radius 3 is 1.33 bits per heavy atom. The van der Waals surface area contributed by atoms with Crippen molar-refractivity contribution < 1.29 is 22.1 Å². The second-order valence-electron chi connectivity index (χ2n) is 0.513. The zero-order valence-corrected chi connectivity index (χ0v) is 7.27. The maximum Gasteiger partial charge on any atom is 2.00 e. The van der Waals surface area contributed by atoms with Crippen molar-refractivity contribution in [1.29, 1.82) is 0 Å². The standard InChI is InChI=1S/H3O4P.Sr/c1-5(2,3)4;/h(H3,1,2,3,4);/q;+2/p+2. The van der Waals surface area contributed by atoms with Crippen molar-refractivity contribution in [2.75, 3.05) is 0 Å². The van der Waals surface area contributed by atoms with E-state index in [0.29, 0.717) is 0 Å². The van der Waals surface area contributed by atoms with Crippen LogP contribution >= 0.6 is 7.82 Å². The first-order valence-electron chi connectivity index (χ1n) is 0.783. The number of hydrogen-bond acceptors (Lipinski definition) is 1. The van der Waals surface area contributed by atoms with Crippen molar-refractivity contribution in [2.45, 2.75) is 0 Å². The molecule has 0 fully saturated rings. The summed E-state index contributed by atoms with van der Waals surface area (Å²) in [4.78, 5) is 21.6. The SMILES string of the molecule is O=P(O)(O)O.[H+].[H+].[Sr+2]. The van der Waals surface area contributed by atoms with Gasteiger partial charge in [-0.25, -0.2) is 4.57 Å². The predicted octanol–water partition coefficient (Wildman–Crippen LogP) is -1.08. The van der Waals surface area contributed by atoms with Gasteiger partial charge in [-0.05, 0) is 0 Å². The Labute approximate surface area is 74.7 Å². The molecule has 4 nitrogen and oxygen atoms in total. The van der Waals surface area contributed by atoms with Gasteiger partial charge in [0.25, 0.3) is 0 Å². The summed E-state index contributed by atoms with van der Waals surface area (Å²) in [5, 5.41) is 0. The van der Waals surface area contributed by atoms with Gasteiger partial charge in [0.2, 0.25) is 0 Å². The third kappa shape index (κ3) is 46.6. The first kappa shape index (κ1) is 10.5. The molecule has 3 N–H and O–H groups in total. The molecular weight excluding hydrogens is 183 g/mol. The monoisotopic (exact) mass is 188 g/mol. The molecule has 0 heterocycles. The molecule has 0 atom stereocenters. The quantitative estimate of drug-likeness (QED) is 0.333. The second kappa shape index (κ2) is 3.58. The van der Waals surface area contributed by atoms with Crippen LogP contribution in [0.15, 0.2) is 0 Å². The van der Waals surface area contributed by atoms with Gasteiger partial charge in [-0.1, -0.05) is 0 Å². The van der Waals surface area contributed by atoms with Crippen molar-refractivity contribution in [3.05, 3.63) is 0 Å². The van der Waals surface area contributed by atoms with E-state index in [0.717, 1.165) is 0 Å². The Kier molecular flexibility index (Phi) is 6.29. The smallest absolute Gasteiger partial charge is 0.303 e. The Bertz CT molecular complexity index is 60.2. The van der Waals surface area contributed by atoms with Crippen molar-refractivity contribution >= 4 is 53.3 Å². The first-order chi connectivity index (χ1) is 2.00. The molecule has 6 heavy (non-hydrogen) atoms. The van der Waals surface area contributed by atoms with Crippen LogP contribution in [0.5, 0.6) is 0 Å². The van der Waals surface area contributed by atoms with Crippen molar-refractivity contribution in [3.8, 4) is 0 Å². The number of rotatable bonds is 0. The van der Waals surface area contributed by atoms with E-state index in [-0.39, 0.29) is 48.3 Å². The number of phosphoric acid groups is 1. The summed E-state index contributed by atoms with van der Waals surface area (Å²) < 4.78 is 8.88. The van der Waals surface area contributed by atoms with Gasteiger partial charge in [0, 0.05) is 0 Å². The normalized spacial score (nSPS) is 9.83. The largest absolute Gasteiger partial charge is 2.00 e.